The number of hydrogen-bond acceptors (Lipinski definition) is 4. The summed E-state index contributed by atoms with van der Waals surface area (Å²) in [6.07, 6.45) is 2.32. The van der Waals surface area contributed by atoms with E-state index >= 15 is 0 Å². The van der Waals surface area contributed by atoms with Gasteiger partial charge in [-0.1, -0.05) is 30.3 Å². The standard InChI is InChI=1S/C23H31N3O3.HI/c1-4-28-20-13-12-19(15-21(20)27-3)26-23(24-2)25-16-18-11-8-14-29-22(18)17-9-6-5-7-10-17;/h5-7,9-10,12-13,15,18,22H,4,8,11,14,16H2,1-3H3,(H2,24,25,26);1H. The van der Waals surface area contributed by atoms with Crippen molar-refractivity contribution in [2.75, 3.05) is 39.2 Å². The molecule has 1 fully saturated rings. The number of nitrogens with zero attached hydrogens (tertiary/aromatic N) is 1. The van der Waals surface area contributed by atoms with Crippen molar-refractivity contribution >= 4 is 35.6 Å². The molecule has 0 spiro atoms. The number of aliphatic imine (C=N–C) groups is 1. The average molecular weight is 525 g/mol. The van der Waals surface area contributed by atoms with Crippen LogP contribution in [0.1, 0.15) is 31.4 Å². The molecule has 2 unspecified atom stereocenters. The van der Waals surface area contributed by atoms with Gasteiger partial charge in [-0.3, -0.25) is 4.99 Å². The van der Waals surface area contributed by atoms with Crippen molar-refractivity contribution in [1.29, 1.82) is 0 Å². The molecule has 2 aromatic carbocycles. The number of ether oxygens (including phenoxy) is 3. The fourth-order valence-corrected chi connectivity index (χ4v) is 3.63. The van der Waals surface area contributed by atoms with Gasteiger partial charge in [-0.15, -0.1) is 24.0 Å². The number of benzene rings is 2. The van der Waals surface area contributed by atoms with Gasteiger partial charge in [-0.2, -0.15) is 0 Å². The van der Waals surface area contributed by atoms with Gasteiger partial charge >= 0.3 is 0 Å². The molecule has 0 aromatic heterocycles. The van der Waals surface area contributed by atoms with Crippen molar-refractivity contribution in [2.24, 2.45) is 10.9 Å². The first-order valence-corrected chi connectivity index (χ1v) is 10.2. The van der Waals surface area contributed by atoms with Crippen LogP contribution >= 0.6 is 24.0 Å². The van der Waals surface area contributed by atoms with E-state index in [4.69, 9.17) is 14.2 Å². The van der Waals surface area contributed by atoms with Gasteiger partial charge in [-0.05, 0) is 37.5 Å². The third kappa shape index (κ3) is 6.50. The molecule has 3 rings (SSSR count). The molecule has 1 heterocycles. The molecule has 0 radical (unpaired) electrons. The second-order valence-electron chi connectivity index (χ2n) is 6.98. The number of rotatable bonds is 7. The molecule has 164 valence electrons. The lowest BCUT2D eigenvalue weighted by Gasteiger charge is -2.32. The van der Waals surface area contributed by atoms with Crippen molar-refractivity contribution < 1.29 is 14.2 Å². The Bertz CT molecular complexity index is 802. The Labute approximate surface area is 196 Å². The molecule has 0 aliphatic carbocycles. The van der Waals surface area contributed by atoms with Gasteiger partial charge in [0.15, 0.2) is 17.5 Å². The lowest BCUT2D eigenvalue weighted by atomic mass is 9.89. The van der Waals surface area contributed by atoms with Crippen molar-refractivity contribution in [3.8, 4) is 11.5 Å². The fraction of sp³-hybridized carbons (Fsp3) is 0.435. The Hall–Kier alpha value is -2.00. The number of hydrogen-bond donors (Lipinski definition) is 2. The Kier molecular flexibility index (Phi) is 10.2. The maximum Gasteiger partial charge on any atom is 0.195 e. The van der Waals surface area contributed by atoms with E-state index in [1.165, 1.54) is 5.56 Å². The third-order valence-corrected chi connectivity index (χ3v) is 5.05. The van der Waals surface area contributed by atoms with E-state index in [1.807, 2.05) is 31.2 Å². The largest absolute Gasteiger partial charge is 0.493 e. The molecule has 1 aliphatic heterocycles. The Morgan fingerprint density at radius 1 is 1.17 bits per heavy atom. The molecular weight excluding hydrogens is 493 g/mol. The van der Waals surface area contributed by atoms with E-state index in [-0.39, 0.29) is 30.1 Å². The summed E-state index contributed by atoms with van der Waals surface area (Å²) in [5, 5.41) is 6.78. The summed E-state index contributed by atoms with van der Waals surface area (Å²) in [5.41, 5.74) is 2.12. The second-order valence-corrected chi connectivity index (χ2v) is 6.98. The van der Waals surface area contributed by atoms with Crippen LogP contribution in [0.15, 0.2) is 53.5 Å². The van der Waals surface area contributed by atoms with Crippen LogP contribution in [0.2, 0.25) is 0 Å². The van der Waals surface area contributed by atoms with Gasteiger partial charge in [0.1, 0.15) is 0 Å². The first-order chi connectivity index (χ1) is 14.2. The SMILES string of the molecule is CCOc1ccc(NC(=NC)NCC2CCCOC2c2ccccc2)cc1OC.I. The molecular formula is C23H32IN3O3. The number of halogens is 1. The van der Waals surface area contributed by atoms with Crippen LogP contribution in [0.4, 0.5) is 5.69 Å². The summed E-state index contributed by atoms with van der Waals surface area (Å²) in [4.78, 5) is 4.36. The highest BCUT2D eigenvalue weighted by Gasteiger charge is 2.27. The lowest BCUT2D eigenvalue weighted by molar-refractivity contribution is -0.0264. The first-order valence-electron chi connectivity index (χ1n) is 10.2. The molecule has 2 N–H and O–H groups in total. The summed E-state index contributed by atoms with van der Waals surface area (Å²) in [7, 11) is 3.41. The summed E-state index contributed by atoms with van der Waals surface area (Å²) < 4.78 is 17.1. The zero-order valence-corrected chi connectivity index (χ0v) is 20.2. The molecule has 7 heteroatoms. The molecule has 30 heavy (non-hydrogen) atoms. The third-order valence-electron chi connectivity index (χ3n) is 5.05. The zero-order chi connectivity index (χ0) is 20.5. The molecule has 1 aliphatic rings. The van der Waals surface area contributed by atoms with Gasteiger partial charge in [0.25, 0.3) is 0 Å². The van der Waals surface area contributed by atoms with Crippen LogP contribution in [-0.2, 0) is 4.74 Å². The van der Waals surface area contributed by atoms with Gasteiger partial charge in [0.05, 0.1) is 19.8 Å². The average Bonchev–Trinajstić information content (AvgIpc) is 2.78. The Morgan fingerprint density at radius 3 is 2.67 bits per heavy atom. The van der Waals surface area contributed by atoms with Gasteiger partial charge < -0.3 is 24.8 Å². The first kappa shape index (κ1) is 24.3. The summed E-state index contributed by atoms with van der Waals surface area (Å²) in [6, 6.07) is 16.2. The number of methoxy groups -OCH3 is 1. The van der Waals surface area contributed by atoms with E-state index in [1.54, 1.807) is 14.2 Å². The maximum absolute atomic E-state index is 6.10. The van der Waals surface area contributed by atoms with Crippen molar-refractivity contribution in [2.45, 2.75) is 25.9 Å². The van der Waals surface area contributed by atoms with E-state index in [9.17, 15) is 0 Å². The molecule has 2 atom stereocenters. The smallest absolute Gasteiger partial charge is 0.195 e. The lowest BCUT2D eigenvalue weighted by Crippen LogP contribution is -2.38. The molecule has 6 nitrogen and oxygen atoms in total. The normalized spacial score (nSPS) is 18.8. The maximum atomic E-state index is 6.10. The quantitative estimate of drug-likeness (QED) is 0.307. The minimum absolute atomic E-state index is 0. The van der Waals surface area contributed by atoms with Crippen LogP contribution in [0.5, 0.6) is 11.5 Å². The van der Waals surface area contributed by atoms with E-state index in [0.717, 1.165) is 37.4 Å². The minimum atomic E-state index is 0. The molecule has 0 bridgehead atoms. The fourth-order valence-electron chi connectivity index (χ4n) is 3.63. The number of anilines is 1. The summed E-state index contributed by atoms with van der Waals surface area (Å²) in [5.74, 6) is 2.53. The van der Waals surface area contributed by atoms with Crippen molar-refractivity contribution in [3.63, 3.8) is 0 Å². The topological polar surface area (TPSA) is 64.1 Å². The van der Waals surface area contributed by atoms with Crippen LogP contribution in [-0.4, -0.2) is 39.9 Å². The molecule has 0 amide bonds. The predicted molar refractivity (Wildman–Crippen MR) is 132 cm³/mol. The van der Waals surface area contributed by atoms with Crippen LogP contribution < -0.4 is 20.1 Å². The highest BCUT2D eigenvalue weighted by molar-refractivity contribution is 14.0. The summed E-state index contributed by atoms with van der Waals surface area (Å²) >= 11 is 0. The Balaban J connectivity index is 0.00000320. The van der Waals surface area contributed by atoms with Gasteiger partial charge in [0, 0.05) is 37.9 Å². The second kappa shape index (κ2) is 12.6. The predicted octanol–water partition coefficient (Wildman–Crippen LogP) is 4.87. The van der Waals surface area contributed by atoms with E-state index in [2.05, 4.69) is 39.9 Å². The highest BCUT2D eigenvalue weighted by Crippen LogP contribution is 2.33. The van der Waals surface area contributed by atoms with Crippen LogP contribution in [0.25, 0.3) is 0 Å². The van der Waals surface area contributed by atoms with Crippen molar-refractivity contribution in [1.82, 2.24) is 5.32 Å². The van der Waals surface area contributed by atoms with Gasteiger partial charge in [0.2, 0.25) is 0 Å². The highest BCUT2D eigenvalue weighted by atomic mass is 127. The van der Waals surface area contributed by atoms with Crippen molar-refractivity contribution in [3.05, 3.63) is 54.1 Å². The minimum Gasteiger partial charge on any atom is -0.493 e. The number of nitrogens with one attached hydrogen (secondary N) is 2. The zero-order valence-electron chi connectivity index (χ0n) is 17.9. The van der Waals surface area contributed by atoms with E-state index < -0.39 is 0 Å². The van der Waals surface area contributed by atoms with E-state index in [0.29, 0.717) is 24.2 Å². The van der Waals surface area contributed by atoms with Crippen LogP contribution in [0.3, 0.4) is 0 Å². The Morgan fingerprint density at radius 2 is 1.97 bits per heavy atom. The van der Waals surface area contributed by atoms with Gasteiger partial charge in [-0.25, -0.2) is 0 Å². The number of guanidine groups is 1. The summed E-state index contributed by atoms with van der Waals surface area (Å²) in [6.45, 7) is 4.15. The molecule has 2 aromatic rings. The monoisotopic (exact) mass is 525 g/mol. The molecule has 0 saturated carbocycles. The van der Waals surface area contributed by atoms with Crippen LogP contribution in [0, 0.1) is 5.92 Å². The molecule has 1 saturated heterocycles.